The first-order valence-electron chi connectivity index (χ1n) is 6.44. The fraction of sp³-hybridized carbons (Fsp3) is 0.250. The van der Waals surface area contributed by atoms with Crippen LogP contribution in [0, 0.1) is 18.6 Å². The smallest absolute Gasteiger partial charge is 0.146 e. The molecular formula is C16H15F2N. The lowest BCUT2D eigenvalue weighted by atomic mass is 10.1. The maximum Gasteiger partial charge on any atom is 0.146 e. The van der Waals surface area contributed by atoms with Gasteiger partial charge in [0.25, 0.3) is 0 Å². The number of hydrogen-bond donors (Lipinski definition) is 1. The Morgan fingerprint density at radius 3 is 2.74 bits per heavy atom. The SMILES string of the molecule is Cc1ccc(NC2CCc3cc(F)ccc32)c(F)c1. The van der Waals surface area contributed by atoms with E-state index in [-0.39, 0.29) is 17.7 Å². The van der Waals surface area contributed by atoms with Gasteiger partial charge in [0.15, 0.2) is 0 Å². The molecule has 1 aliphatic rings. The third-order valence-electron chi connectivity index (χ3n) is 3.64. The normalized spacial score (nSPS) is 17.3. The minimum Gasteiger partial charge on any atom is -0.376 e. The highest BCUT2D eigenvalue weighted by molar-refractivity contribution is 5.50. The van der Waals surface area contributed by atoms with Gasteiger partial charge in [0.1, 0.15) is 11.6 Å². The van der Waals surface area contributed by atoms with Gasteiger partial charge >= 0.3 is 0 Å². The van der Waals surface area contributed by atoms with Crippen molar-refractivity contribution in [3.05, 3.63) is 64.7 Å². The molecule has 0 fully saturated rings. The Bertz CT molecular complexity index is 622. The van der Waals surface area contributed by atoms with Crippen LogP contribution in [0.2, 0.25) is 0 Å². The molecule has 1 N–H and O–H groups in total. The second-order valence-corrected chi connectivity index (χ2v) is 5.06. The summed E-state index contributed by atoms with van der Waals surface area (Å²) in [6, 6.07) is 10.0. The van der Waals surface area contributed by atoms with Crippen LogP contribution in [0.3, 0.4) is 0 Å². The van der Waals surface area contributed by atoms with E-state index in [0.717, 1.165) is 29.5 Å². The Balaban J connectivity index is 1.86. The third-order valence-corrected chi connectivity index (χ3v) is 3.64. The Morgan fingerprint density at radius 1 is 1.11 bits per heavy atom. The molecule has 0 aliphatic heterocycles. The number of benzene rings is 2. The summed E-state index contributed by atoms with van der Waals surface area (Å²) < 4.78 is 27.0. The highest BCUT2D eigenvalue weighted by Crippen LogP contribution is 2.34. The predicted octanol–water partition coefficient (Wildman–Crippen LogP) is 4.37. The summed E-state index contributed by atoms with van der Waals surface area (Å²) in [5.74, 6) is -0.448. The maximum absolute atomic E-state index is 13.8. The van der Waals surface area contributed by atoms with Gasteiger partial charge in [-0.1, -0.05) is 12.1 Å². The molecule has 0 amide bonds. The lowest BCUT2D eigenvalue weighted by Crippen LogP contribution is -2.08. The summed E-state index contributed by atoms with van der Waals surface area (Å²) in [6.45, 7) is 1.86. The van der Waals surface area contributed by atoms with Crippen LogP contribution < -0.4 is 5.32 Å². The molecule has 2 aromatic rings. The molecule has 0 radical (unpaired) electrons. The van der Waals surface area contributed by atoms with Crippen LogP contribution in [0.15, 0.2) is 36.4 Å². The summed E-state index contributed by atoms with van der Waals surface area (Å²) in [6.07, 6.45) is 1.70. The molecule has 19 heavy (non-hydrogen) atoms. The number of anilines is 1. The average Bonchev–Trinajstić information content (AvgIpc) is 2.75. The van der Waals surface area contributed by atoms with E-state index in [9.17, 15) is 8.78 Å². The molecule has 1 aliphatic carbocycles. The van der Waals surface area contributed by atoms with Crippen molar-refractivity contribution in [2.45, 2.75) is 25.8 Å². The van der Waals surface area contributed by atoms with Crippen molar-refractivity contribution in [2.75, 3.05) is 5.32 Å². The number of fused-ring (bicyclic) bond motifs is 1. The zero-order chi connectivity index (χ0) is 13.4. The van der Waals surface area contributed by atoms with Gasteiger partial charge in [-0.2, -0.15) is 0 Å². The molecule has 0 aromatic heterocycles. The molecule has 2 aromatic carbocycles. The van der Waals surface area contributed by atoms with Crippen molar-refractivity contribution in [1.29, 1.82) is 0 Å². The van der Waals surface area contributed by atoms with Crippen LogP contribution >= 0.6 is 0 Å². The second-order valence-electron chi connectivity index (χ2n) is 5.06. The molecule has 0 saturated heterocycles. The highest BCUT2D eigenvalue weighted by Gasteiger charge is 2.23. The summed E-state index contributed by atoms with van der Waals surface area (Å²) in [5, 5.41) is 3.21. The minimum atomic E-state index is -0.240. The third kappa shape index (κ3) is 2.33. The van der Waals surface area contributed by atoms with E-state index in [0.29, 0.717) is 5.69 Å². The fourth-order valence-electron chi connectivity index (χ4n) is 2.66. The Morgan fingerprint density at radius 2 is 1.95 bits per heavy atom. The first-order valence-corrected chi connectivity index (χ1v) is 6.44. The van der Waals surface area contributed by atoms with Gasteiger partial charge in [-0.25, -0.2) is 8.78 Å². The summed E-state index contributed by atoms with van der Waals surface area (Å²) in [4.78, 5) is 0. The van der Waals surface area contributed by atoms with Crippen molar-refractivity contribution in [3.8, 4) is 0 Å². The maximum atomic E-state index is 13.8. The Hall–Kier alpha value is -1.90. The van der Waals surface area contributed by atoms with E-state index >= 15 is 0 Å². The molecule has 3 heteroatoms. The van der Waals surface area contributed by atoms with E-state index in [1.807, 2.05) is 13.0 Å². The molecule has 0 saturated carbocycles. The first-order chi connectivity index (χ1) is 9.13. The van der Waals surface area contributed by atoms with Gasteiger partial charge in [-0.05, 0) is 60.7 Å². The van der Waals surface area contributed by atoms with Gasteiger partial charge in [0.2, 0.25) is 0 Å². The van der Waals surface area contributed by atoms with Crippen molar-refractivity contribution in [1.82, 2.24) is 0 Å². The lowest BCUT2D eigenvalue weighted by molar-refractivity contribution is 0.623. The zero-order valence-electron chi connectivity index (χ0n) is 10.7. The largest absolute Gasteiger partial charge is 0.376 e. The molecule has 1 unspecified atom stereocenters. The van der Waals surface area contributed by atoms with Gasteiger partial charge in [0.05, 0.1) is 11.7 Å². The van der Waals surface area contributed by atoms with Crippen LogP contribution in [0.4, 0.5) is 14.5 Å². The molecule has 0 spiro atoms. The van der Waals surface area contributed by atoms with Crippen molar-refractivity contribution in [2.24, 2.45) is 0 Å². The summed E-state index contributed by atoms with van der Waals surface area (Å²) in [7, 11) is 0. The van der Waals surface area contributed by atoms with Gasteiger partial charge in [0, 0.05) is 0 Å². The monoisotopic (exact) mass is 259 g/mol. The quantitative estimate of drug-likeness (QED) is 0.844. The number of aryl methyl sites for hydroxylation is 2. The van der Waals surface area contributed by atoms with E-state index in [2.05, 4.69) is 5.32 Å². The van der Waals surface area contributed by atoms with Crippen molar-refractivity contribution >= 4 is 5.69 Å². The van der Waals surface area contributed by atoms with E-state index in [1.54, 1.807) is 18.2 Å². The fourth-order valence-corrected chi connectivity index (χ4v) is 2.66. The topological polar surface area (TPSA) is 12.0 Å². The molecule has 0 heterocycles. The molecule has 0 bridgehead atoms. The summed E-state index contributed by atoms with van der Waals surface area (Å²) >= 11 is 0. The van der Waals surface area contributed by atoms with E-state index in [1.165, 1.54) is 12.1 Å². The van der Waals surface area contributed by atoms with E-state index < -0.39 is 0 Å². The Labute approximate surface area is 111 Å². The minimum absolute atomic E-state index is 0.0628. The van der Waals surface area contributed by atoms with Crippen LogP contribution in [-0.2, 0) is 6.42 Å². The number of rotatable bonds is 2. The highest BCUT2D eigenvalue weighted by atomic mass is 19.1. The lowest BCUT2D eigenvalue weighted by Gasteiger charge is -2.16. The van der Waals surface area contributed by atoms with Crippen molar-refractivity contribution in [3.63, 3.8) is 0 Å². The van der Waals surface area contributed by atoms with Crippen LogP contribution in [0.25, 0.3) is 0 Å². The molecule has 1 atom stereocenters. The van der Waals surface area contributed by atoms with Crippen LogP contribution in [0.1, 0.15) is 29.2 Å². The van der Waals surface area contributed by atoms with E-state index in [4.69, 9.17) is 0 Å². The van der Waals surface area contributed by atoms with Crippen LogP contribution in [0.5, 0.6) is 0 Å². The number of nitrogens with one attached hydrogen (secondary N) is 1. The predicted molar refractivity (Wildman–Crippen MR) is 72.2 cm³/mol. The molecule has 3 rings (SSSR count). The molecule has 1 nitrogen and oxygen atoms in total. The van der Waals surface area contributed by atoms with Crippen molar-refractivity contribution < 1.29 is 8.78 Å². The molecule has 98 valence electrons. The van der Waals surface area contributed by atoms with Crippen LogP contribution in [-0.4, -0.2) is 0 Å². The Kier molecular flexibility index (Phi) is 2.97. The molecular weight excluding hydrogens is 244 g/mol. The number of hydrogen-bond acceptors (Lipinski definition) is 1. The average molecular weight is 259 g/mol. The zero-order valence-corrected chi connectivity index (χ0v) is 10.7. The number of halogens is 2. The summed E-state index contributed by atoms with van der Waals surface area (Å²) in [5.41, 5.74) is 3.50. The van der Waals surface area contributed by atoms with Gasteiger partial charge in [-0.3, -0.25) is 0 Å². The first kappa shape index (κ1) is 12.2. The second kappa shape index (κ2) is 4.65. The van der Waals surface area contributed by atoms with Gasteiger partial charge < -0.3 is 5.32 Å². The van der Waals surface area contributed by atoms with Gasteiger partial charge in [-0.15, -0.1) is 0 Å². The standard InChI is InChI=1S/C16H15F2N/c1-10-2-6-16(14(18)8-10)19-15-7-3-11-9-12(17)4-5-13(11)15/h2,4-6,8-9,15,19H,3,7H2,1H3.